The van der Waals surface area contributed by atoms with Gasteiger partial charge < -0.3 is 9.62 Å². The highest BCUT2D eigenvalue weighted by Crippen LogP contribution is 2.07. The highest BCUT2D eigenvalue weighted by atomic mass is 35.5. The molecule has 46 valence electrons. The second-order valence-electron chi connectivity index (χ2n) is 2.27. The molecule has 0 saturated carbocycles. The summed E-state index contributed by atoms with van der Waals surface area (Å²) in [5, 5.41) is 0. The van der Waals surface area contributed by atoms with Gasteiger partial charge >= 0.3 is 6.40 Å². The molecule has 0 spiro atoms. The third-order valence-corrected chi connectivity index (χ3v) is 2.20. The van der Waals surface area contributed by atoms with E-state index in [1.807, 2.05) is 14.1 Å². The van der Waals surface area contributed by atoms with E-state index in [0.29, 0.717) is 0 Å². The van der Waals surface area contributed by atoms with Gasteiger partial charge in [-0.1, -0.05) is 0 Å². The molecule has 0 atom stereocenters. The second-order valence-corrected chi connectivity index (χ2v) is 2.66. The van der Waals surface area contributed by atoms with Crippen LogP contribution in [0.4, 0.5) is 0 Å². The van der Waals surface area contributed by atoms with Gasteiger partial charge in [-0.2, -0.15) is 0 Å². The largest absolute Gasteiger partial charge is 0.418 e. The van der Waals surface area contributed by atoms with Crippen LogP contribution in [-0.4, -0.2) is 43.2 Å². The lowest BCUT2D eigenvalue weighted by molar-refractivity contribution is 0.553. The maximum atomic E-state index is 5.86. The molecule has 0 bridgehead atoms. The molecule has 4 heteroatoms. The van der Waals surface area contributed by atoms with Crippen molar-refractivity contribution in [1.29, 1.82) is 0 Å². The van der Waals surface area contributed by atoms with E-state index < -0.39 is 0 Å². The average Bonchev–Trinajstić information content (AvgIpc) is 1.98. The molecule has 1 heterocycles. The van der Waals surface area contributed by atoms with E-state index in [2.05, 4.69) is 9.62 Å². The number of hydrogen-bond donors (Lipinski definition) is 0. The van der Waals surface area contributed by atoms with Gasteiger partial charge in [-0.15, -0.1) is 11.5 Å². The van der Waals surface area contributed by atoms with Gasteiger partial charge in [-0.05, 0) is 14.1 Å². The first-order chi connectivity index (χ1) is 3.72. The Morgan fingerprint density at radius 3 is 1.75 bits per heavy atom. The van der Waals surface area contributed by atoms with Crippen molar-refractivity contribution in [2.45, 2.75) is 0 Å². The number of likely N-dealkylation sites (N-methyl/N-ethyl adjacent to an activating group) is 2. The van der Waals surface area contributed by atoms with Crippen LogP contribution in [0.25, 0.3) is 0 Å². The molecule has 0 aliphatic carbocycles. The Morgan fingerprint density at radius 2 is 1.62 bits per heavy atom. The quantitative estimate of drug-likeness (QED) is 0.431. The minimum absolute atomic E-state index is 0.120. The molecule has 0 radical (unpaired) electrons. The van der Waals surface area contributed by atoms with Gasteiger partial charge in [-0.25, -0.2) is 0 Å². The van der Waals surface area contributed by atoms with Crippen LogP contribution in [-0.2, 0) is 0 Å². The number of rotatable bonds is 0. The SMILES string of the molecule is CN1CCN(C)B1Cl. The third-order valence-electron chi connectivity index (χ3n) is 1.53. The first kappa shape index (κ1) is 6.40. The van der Waals surface area contributed by atoms with Gasteiger partial charge in [0.1, 0.15) is 0 Å². The lowest BCUT2D eigenvalue weighted by Gasteiger charge is -2.11. The summed E-state index contributed by atoms with van der Waals surface area (Å²) in [4.78, 5) is 4.23. The predicted octanol–water partition coefficient (Wildman–Crippen LogP) is 0.0873. The van der Waals surface area contributed by atoms with Gasteiger partial charge in [0, 0.05) is 13.1 Å². The van der Waals surface area contributed by atoms with Crippen molar-refractivity contribution >= 4 is 17.9 Å². The first-order valence-electron chi connectivity index (χ1n) is 2.76. The fraction of sp³-hybridized carbons (Fsp3) is 1.00. The molecule has 1 saturated heterocycles. The maximum Gasteiger partial charge on any atom is 0.418 e. The molecule has 0 N–H and O–H groups in total. The molecule has 0 aromatic carbocycles. The molecule has 0 amide bonds. The Hall–Kier alpha value is 0.275. The van der Waals surface area contributed by atoms with E-state index in [4.69, 9.17) is 11.5 Å². The van der Waals surface area contributed by atoms with E-state index in [1.165, 1.54) is 0 Å². The van der Waals surface area contributed by atoms with Crippen molar-refractivity contribution in [2.24, 2.45) is 0 Å². The zero-order valence-electron chi connectivity index (χ0n) is 5.26. The topological polar surface area (TPSA) is 6.48 Å². The van der Waals surface area contributed by atoms with Gasteiger partial charge in [0.25, 0.3) is 0 Å². The summed E-state index contributed by atoms with van der Waals surface area (Å²) < 4.78 is 0. The molecule has 0 unspecified atom stereocenters. The first-order valence-corrected chi connectivity index (χ1v) is 3.20. The predicted molar refractivity (Wildman–Crippen MR) is 36.9 cm³/mol. The number of hydrogen-bond acceptors (Lipinski definition) is 2. The van der Waals surface area contributed by atoms with Gasteiger partial charge in [0.2, 0.25) is 0 Å². The van der Waals surface area contributed by atoms with Crippen molar-refractivity contribution in [3.8, 4) is 0 Å². The number of halogens is 1. The summed E-state index contributed by atoms with van der Waals surface area (Å²) in [6, 6.07) is 0. The van der Waals surface area contributed by atoms with Crippen LogP contribution in [0.3, 0.4) is 0 Å². The van der Waals surface area contributed by atoms with Crippen molar-refractivity contribution in [1.82, 2.24) is 9.62 Å². The third kappa shape index (κ3) is 0.991. The Morgan fingerprint density at radius 1 is 1.25 bits per heavy atom. The van der Waals surface area contributed by atoms with Gasteiger partial charge in [0.05, 0.1) is 0 Å². The molecule has 1 rings (SSSR count). The van der Waals surface area contributed by atoms with E-state index in [9.17, 15) is 0 Å². The molecular formula is C4H10BClN2. The van der Waals surface area contributed by atoms with Crippen LogP contribution in [0.15, 0.2) is 0 Å². The van der Waals surface area contributed by atoms with Crippen LogP contribution in [0.1, 0.15) is 0 Å². The standard InChI is InChI=1S/C4H10BClN2/c1-7-3-4-8(2)5(7)6/h3-4H2,1-2H3. The van der Waals surface area contributed by atoms with Crippen LogP contribution < -0.4 is 0 Å². The summed E-state index contributed by atoms with van der Waals surface area (Å²) in [7, 11) is 4.06. The summed E-state index contributed by atoms with van der Waals surface area (Å²) in [6.07, 6.45) is 0.120. The molecule has 1 aliphatic rings. The van der Waals surface area contributed by atoms with Crippen LogP contribution in [0.2, 0.25) is 0 Å². The van der Waals surface area contributed by atoms with Crippen LogP contribution in [0.5, 0.6) is 0 Å². The number of nitrogens with zero attached hydrogens (tertiary/aromatic N) is 2. The minimum atomic E-state index is 0.120. The average molecular weight is 132 g/mol. The Balaban J connectivity index is 2.44. The van der Waals surface area contributed by atoms with Crippen molar-refractivity contribution in [3.05, 3.63) is 0 Å². The van der Waals surface area contributed by atoms with E-state index in [0.717, 1.165) is 13.1 Å². The van der Waals surface area contributed by atoms with Crippen LogP contribution >= 0.6 is 11.5 Å². The van der Waals surface area contributed by atoms with Crippen molar-refractivity contribution in [2.75, 3.05) is 27.2 Å². The fourth-order valence-electron chi connectivity index (χ4n) is 0.865. The molecule has 1 fully saturated rings. The Labute approximate surface area is 55.4 Å². The zero-order valence-corrected chi connectivity index (χ0v) is 6.02. The van der Waals surface area contributed by atoms with E-state index >= 15 is 0 Å². The second kappa shape index (κ2) is 2.25. The van der Waals surface area contributed by atoms with Gasteiger partial charge in [0.15, 0.2) is 0 Å². The lowest BCUT2D eigenvalue weighted by Crippen LogP contribution is -2.34. The summed E-state index contributed by atoms with van der Waals surface area (Å²) in [5.74, 6) is 0. The maximum absolute atomic E-state index is 5.86. The highest BCUT2D eigenvalue weighted by Gasteiger charge is 2.28. The molecule has 0 aromatic rings. The fourth-order valence-corrected chi connectivity index (χ4v) is 1.06. The van der Waals surface area contributed by atoms with E-state index in [-0.39, 0.29) is 6.40 Å². The van der Waals surface area contributed by atoms with E-state index in [1.54, 1.807) is 0 Å². The summed E-state index contributed by atoms with van der Waals surface area (Å²) in [6.45, 7) is 2.18. The monoisotopic (exact) mass is 132 g/mol. The zero-order chi connectivity index (χ0) is 6.15. The summed E-state index contributed by atoms with van der Waals surface area (Å²) >= 11 is 5.86. The molecule has 8 heavy (non-hydrogen) atoms. The molecule has 1 aliphatic heterocycles. The smallest absolute Gasteiger partial charge is 0.316 e. The van der Waals surface area contributed by atoms with Gasteiger partial charge in [-0.3, -0.25) is 0 Å². The summed E-state index contributed by atoms with van der Waals surface area (Å²) in [5.41, 5.74) is 0. The molecule has 2 nitrogen and oxygen atoms in total. The normalized spacial score (nSPS) is 25.1. The highest BCUT2D eigenvalue weighted by molar-refractivity contribution is 7.03. The lowest BCUT2D eigenvalue weighted by atomic mass is 10.1. The van der Waals surface area contributed by atoms with Crippen LogP contribution in [0, 0.1) is 0 Å². The Bertz CT molecular complexity index is 80.1. The van der Waals surface area contributed by atoms with Crippen molar-refractivity contribution < 1.29 is 0 Å². The molecular weight excluding hydrogens is 122 g/mol. The Kier molecular flexibility index (Phi) is 1.80. The molecule has 0 aromatic heterocycles. The minimum Gasteiger partial charge on any atom is -0.316 e. The van der Waals surface area contributed by atoms with Crippen molar-refractivity contribution in [3.63, 3.8) is 0 Å².